The van der Waals surface area contributed by atoms with Crippen LogP contribution in [0.2, 0.25) is 5.02 Å². The van der Waals surface area contributed by atoms with Gasteiger partial charge in [-0.05, 0) is 104 Å². The van der Waals surface area contributed by atoms with Gasteiger partial charge in [-0.2, -0.15) is 0 Å². The number of aromatic nitrogens is 1. The third-order valence-electron chi connectivity index (χ3n) is 7.87. The van der Waals surface area contributed by atoms with Gasteiger partial charge in [0.2, 0.25) is 0 Å². The van der Waals surface area contributed by atoms with Crippen LogP contribution in [-0.4, -0.2) is 29.8 Å². The Morgan fingerprint density at radius 2 is 1.93 bits per heavy atom. The van der Waals surface area contributed by atoms with Gasteiger partial charge in [0.25, 0.3) is 5.56 Å². The lowest BCUT2D eigenvalue weighted by molar-refractivity contribution is 0.236. The molecule has 1 saturated heterocycles. The summed E-state index contributed by atoms with van der Waals surface area (Å²) in [4.78, 5) is 18.1. The molecular weight excluding hydrogens is 396 g/mol. The van der Waals surface area contributed by atoms with Crippen LogP contribution in [0.25, 0.3) is 0 Å². The maximum atomic E-state index is 12.6. The predicted octanol–water partition coefficient (Wildman–Crippen LogP) is 4.71. The van der Waals surface area contributed by atoms with Crippen molar-refractivity contribution in [2.24, 2.45) is 0 Å². The average molecular weight is 427 g/mol. The fraction of sp³-hybridized carbons (Fsp3) is 0.560. The zero-order chi connectivity index (χ0) is 20.7. The van der Waals surface area contributed by atoms with Crippen molar-refractivity contribution in [1.82, 2.24) is 4.98 Å². The number of aliphatic hydroxyl groups excluding tert-OH is 1. The quantitative estimate of drug-likeness (QED) is 0.747. The highest BCUT2D eigenvalue weighted by Crippen LogP contribution is 2.50. The number of aliphatic hydroxyl groups is 1. The predicted molar refractivity (Wildman–Crippen MR) is 122 cm³/mol. The Hall–Kier alpha value is -1.78. The number of halogens is 1. The van der Waals surface area contributed by atoms with E-state index in [1.54, 1.807) is 0 Å². The molecule has 2 aliphatic carbocycles. The van der Waals surface area contributed by atoms with E-state index in [0.29, 0.717) is 5.92 Å². The second-order valence-electron chi connectivity index (χ2n) is 9.44. The zero-order valence-corrected chi connectivity index (χ0v) is 18.3. The van der Waals surface area contributed by atoms with E-state index in [1.165, 1.54) is 29.5 Å². The van der Waals surface area contributed by atoms with E-state index in [9.17, 15) is 9.90 Å². The van der Waals surface area contributed by atoms with Crippen molar-refractivity contribution >= 4 is 17.4 Å². The van der Waals surface area contributed by atoms with Crippen molar-refractivity contribution in [3.05, 3.63) is 61.9 Å². The molecule has 0 amide bonds. The molecule has 1 unspecified atom stereocenters. The topological polar surface area (TPSA) is 56.3 Å². The fourth-order valence-electron chi connectivity index (χ4n) is 6.16. The van der Waals surface area contributed by atoms with E-state index in [2.05, 4.69) is 28.1 Å². The number of H-pyrrole nitrogens is 1. The van der Waals surface area contributed by atoms with Crippen LogP contribution in [0.5, 0.6) is 0 Å². The van der Waals surface area contributed by atoms with Gasteiger partial charge in [0.05, 0.1) is 0 Å². The van der Waals surface area contributed by atoms with Crippen LogP contribution < -0.4 is 10.5 Å². The molecule has 5 rings (SSSR count). The molecule has 2 heterocycles. The van der Waals surface area contributed by atoms with E-state index in [4.69, 9.17) is 11.6 Å². The summed E-state index contributed by atoms with van der Waals surface area (Å²) in [5.74, 6) is 1.41. The fourth-order valence-corrected chi connectivity index (χ4v) is 6.34. The zero-order valence-electron chi connectivity index (χ0n) is 17.6. The van der Waals surface area contributed by atoms with Gasteiger partial charge < -0.3 is 15.0 Å². The number of hydrogen-bond acceptors (Lipinski definition) is 3. The molecule has 1 spiro atoms. The number of pyridine rings is 1. The number of aryl methyl sites for hydroxylation is 1. The number of benzene rings is 1. The number of anilines is 1. The molecule has 5 heteroatoms. The molecule has 3 aliphatic rings. The second-order valence-corrected chi connectivity index (χ2v) is 9.88. The van der Waals surface area contributed by atoms with Crippen LogP contribution >= 0.6 is 11.6 Å². The first-order valence-corrected chi connectivity index (χ1v) is 11.9. The van der Waals surface area contributed by atoms with E-state index >= 15 is 0 Å². The van der Waals surface area contributed by atoms with E-state index < -0.39 is 0 Å². The molecule has 2 aromatic rings. The lowest BCUT2D eigenvalue weighted by Gasteiger charge is -2.47. The van der Waals surface area contributed by atoms with Gasteiger partial charge in [-0.15, -0.1) is 0 Å². The van der Waals surface area contributed by atoms with Crippen LogP contribution in [-0.2, 0) is 18.3 Å². The molecule has 0 saturated carbocycles. The minimum Gasteiger partial charge on any atom is -0.396 e. The summed E-state index contributed by atoms with van der Waals surface area (Å²) in [5.41, 5.74) is 5.36. The Morgan fingerprint density at radius 3 is 2.73 bits per heavy atom. The highest BCUT2D eigenvalue weighted by molar-refractivity contribution is 6.30. The summed E-state index contributed by atoms with van der Waals surface area (Å²) >= 11 is 6.34. The third kappa shape index (κ3) is 3.48. The lowest BCUT2D eigenvalue weighted by atomic mass is 9.62. The summed E-state index contributed by atoms with van der Waals surface area (Å²) in [7, 11) is 0. The van der Waals surface area contributed by atoms with Crippen LogP contribution in [0, 0.1) is 0 Å². The first-order chi connectivity index (χ1) is 14.6. The molecule has 0 bridgehead atoms. The molecule has 1 fully saturated rings. The molecule has 30 heavy (non-hydrogen) atoms. The SMILES string of the molecule is O=c1[nH]c(N2CCC3(CCC(CCO)c4cc(Cl)ccc43)CC2)cc2c1CCCC2. The first kappa shape index (κ1) is 20.1. The van der Waals surface area contributed by atoms with Crippen molar-refractivity contribution in [3.8, 4) is 0 Å². The number of nitrogens with zero attached hydrogens (tertiary/aromatic N) is 1. The Bertz CT molecular complexity index is 991. The lowest BCUT2D eigenvalue weighted by Crippen LogP contribution is -2.45. The summed E-state index contributed by atoms with van der Waals surface area (Å²) < 4.78 is 0. The van der Waals surface area contributed by atoms with Crippen LogP contribution in [0.4, 0.5) is 5.82 Å². The summed E-state index contributed by atoms with van der Waals surface area (Å²) in [6.07, 6.45) is 9.54. The van der Waals surface area contributed by atoms with E-state index in [0.717, 1.165) is 74.4 Å². The van der Waals surface area contributed by atoms with Crippen molar-refractivity contribution in [3.63, 3.8) is 0 Å². The Balaban J connectivity index is 1.40. The smallest absolute Gasteiger partial charge is 0.252 e. The second kappa shape index (κ2) is 8.05. The minimum atomic E-state index is 0.118. The van der Waals surface area contributed by atoms with Gasteiger partial charge in [0.1, 0.15) is 5.82 Å². The molecule has 1 aromatic carbocycles. The van der Waals surface area contributed by atoms with Crippen molar-refractivity contribution in [2.45, 2.75) is 69.1 Å². The maximum absolute atomic E-state index is 12.6. The number of hydrogen-bond donors (Lipinski definition) is 2. The van der Waals surface area contributed by atoms with Gasteiger partial charge in [-0.25, -0.2) is 0 Å². The van der Waals surface area contributed by atoms with Gasteiger partial charge in [0, 0.05) is 30.3 Å². The molecule has 2 N–H and O–H groups in total. The van der Waals surface area contributed by atoms with Crippen molar-refractivity contribution < 1.29 is 5.11 Å². The molecular formula is C25H31ClN2O2. The monoisotopic (exact) mass is 426 g/mol. The Morgan fingerprint density at radius 1 is 1.13 bits per heavy atom. The van der Waals surface area contributed by atoms with Crippen LogP contribution in [0.15, 0.2) is 29.1 Å². The highest BCUT2D eigenvalue weighted by atomic mass is 35.5. The average Bonchev–Trinajstić information content (AvgIpc) is 2.76. The number of fused-ring (bicyclic) bond motifs is 3. The largest absolute Gasteiger partial charge is 0.396 e. The van der Waals surface area contributed by atoms with Crippen molar-refractivity contribution in [1.29, 1.82) is 0 Å². The minimum absolute atomic E-state index is 0.118. The summed E-state index contributed by atoms with van der Waals surface area (Å²) in [6.45, 7) is 2.14. The van der Waals surface area contributed by atoms with Crippen LogP contribution in [0.3, 0.4) is 0 Å². The molecule has 1 aliphatic heterocycles. The Labute approximate surface area is 183 Å². The molecule has 4 nitrogen and oxygen atoms in total. The standard InChI is InChI=1S/C25H31ClN2O2/c26-19-5-6-22-21(16-19)17(8-14-29)7-9-25(22)10-12-28(13-11-25)23-15-18-3-1-2-4-20(18)24(30)27-23/h5-6,15-17,29H,1-4,7-14H2,(H,27,30). The molecule has 1 atom stereocenters. The van der Waals surface area contributed by atoms with Crippen LogP contribution in [0.1, 0.15) is 73.1 Å². The summed E-state index contributed by atoms with van der Waals surface area (Å²) in [5, 5.41) is 10.3. The normalized spacial score (nSPS) is 22.6. The highest BCUT2D eigenvalue weighted by Gasteiger charge is 2.42. The Kier molecular flexibility index (Phi) is 5.40. The van der Waals surface area contributed by atoms with Gasteiger partial charge in [0.15, 0.2) is 0 Å². The number of rotatable bonds is 3. The van der Waals surface area contributed by atoms with Gasteiger partial charge in [-0.3, -0.25) is 4.79 Å². The molecule has 1 aromatic heterocycles. The van der Waals surface area contributed by atoms with E-state index in [-0.39, 0.29) is 17.6 Å². The number of nitrogens with one attached hydrogen (secondary N) is 1. The first-order valence-electron chi connectivity index (χ1n) is 11.5. The van der Waals surface area contributed by atoms with Crippen molar-refractivity contribution in [2.75, 3.05) is 24.6 Å². The third-order valence-corrected chi connectivity index (χ3v) is 8.11. The maximum Gasteiger partial charge on any atom is 0.252 e. The number of piperidine rings is 1. The summed E-state index contributed by atoms with van der Waals surface area (Å²) in [6, 6.07) is 8.62. The van der Waals surface area contributed by atoms with Gasteiger partial charge in [-0.1, -0.05) is 17.7 Å². The van der Waals surface area contributed by atoms with Gasteiger partial charge >= 0.3 is 0 Å². The molecule has 0 radical (unpaired) electrons. The van der Waals surface area contributed by atoms with E-state index in [1.807, 2.05) is 6.07 Å². The molecule has 160 valence electrons. The number of aromatic amines is 1.